The van der Waals surface area contributed by atoms with Gasteiger partial charge in [-0.3, -0.25) is 9.59 Å². The maximum atomic E-state index is 14.7. The van der Waals surface area contributed by atoms with Crippen molar-refractivity contribution in [1.29, 1.82) is 0 Å². The smallest absolute Gasteiger partial charge is 0.416 e. The van der Waals surface area contributed by atoms with Crippen LogP contribution in [0.1, 0.15) is 59.6 Å². The predicted molar refractivity (Wildman–Crippen MR) is 137 cm³/mol. The first-order valence-corrected chi connectivity index (χ1v) is 12.6. The number of pyridine rings is 1. The molecule has 6 nitrogen and oxygen atoms in total. The number of benzene rings is 2. The number of imidazole rings is 1. The molecule has 1 fully saturated rings. The molecule has 2 heterocycles. The van der Waals surface area contributed by atoms with Gasteiger partial charge in [0.05, 0.1) is 11.3 Å². The minimum atomic E-state index is -4.56. The van der Waals surface area contributed by atoms with E-state index in [-0.39, 0.29) is 28.8 Å². The summed E-state index contributed by atoms with van der Waals surface area (Å²) < 4.78 is 54.6. The number of alkyl halides is 3. The van der Waals surface area contributed by atoms with Gasteiger partial charge in [-0.05, 0) is 90.6 Å². The Kier molecular flexibility index (Phi) is 7.12. The van der Waals surface area contributed by atoms with Gasteiger partial charge < -0.3 is 9.51 Å². The first-order chi connectivity index (χ1) is 18.6. The van der Waals surface area contributed by atoms with Gasteiger partial charge in [0, 0.05) is 18.8 Å². The van der Waals surface area contributed by atoms with E-state index in [0.29, 0.717) is 23.7 Å². The summed E-state index contributed by atoms with van der Waals surface area (Å²) in [5.74, 6) is -1.18. The lowest BCUT2D eigenvalue weighted by molar-refractivity contribution is -0.139. The van der Waals surface area contributed by atoms with Crippen LogP contribution in [0.2, 0.25) is 0 Å². The number of aromatic nitrogens is 2. The molecule has 1 amide bonds. The number of carbonyl (C=O) groups excluding carboxylic acids is 1. The van der Waals surface area contributed by atoms with Crippen LogP contribution in [0.3, 0.4) is 0 Å². The van der Waals surface area contributed by atoms with E-state index in [2.05, 4.69) is 17.1 Å². The molecule has 1 N–H and O–H groups in total. The fraction of sp³-hybridized carbons (Fsp3) is 0.276. The number of nitrogens with zero attached hydrogens (tertiary/aromatic N) is 3. The predicted octanol–water partition coefficient (Wildman–Crippen LogP) is 7.30. The second-order valence-corrected chi connectivity index (χ2v) is 9.88. The van der Waals surface area contributed by atoms with Crippen molar-refractivity contribution in [2.45, 2.75) is 44.2 Å². The van der Waals surface area contributed by atoms with Crippen LogP contribution in [0.25, 0.3) is 16.8 Å². The van der Waals surface area contributed by atoms with E-state index < -0.39 is 23.6 Å². The number of hydrogen-bond donors (Lipinski definition) is 1. The minimum Gasteiger partial charge on any atom is -0.481 e. The van der Waals surface area contributed by atoms with Crippen molar-refractivity contribution in [3.05, 3.63) is 89.9 Å². The average Bonchev–Trinajstić information content (AvgIpc) is 3.36. The van der Waals surface area contributed by atoms with Gasteiger partial charge in [-0.2, -0.15) is 13.2 Å². The normalized spacial score (nSPS) is 17.7. The molecule has 1 aliphatic rings. The zero-order valence-corrected chi connectivity index (χ0v) is 20.7. The monoisotopic (exact) mass is 539 g/mol. The van der Waals surface area contributed by atoms with Crippen LogP contribution in [-0.2, 0) is 11.0 Å². The molecule has 202 valence electrons. The highest BCUT2D eigenvalue weighted by atomic mass is 19.4. The molecule has 0 radical (unpaired) electrons. The lowest BCUT2D eigenvalue weighted by Crippen LogP contribution is -2.22. The first kappa shape index (κ1) is 26.4. The van der Waals surface area contributed by atoms with Gasteiger partial charge in [0.1, 0.15) is 11.3 Å². The molecule has 0 saturated heterocycles. The largest absolute Gasteiger partial charge is 0.481 e. The Balaban J connectivity index is 1.28. The van der Waals surface area contributed by atoms with Crippen molar-refractivity contribution in [3.63, 3.8) is 0 Å². The van der Waals surface area contributed by atoms with E-state index in [4.69, 9.17) is 5.11 Å². The average molecular weight is 540 g/mol. The van der Waals surface area contributed by atoms with Gasteiger partial charge in [0.15, 0.2) is 0 Å². The molecule has 4 aromatic rings. The van der Waals surface area contributed by atoms with Crippen molar-refractivity contribution < 1.29 is 32.3 Å². The third-order valence-electron chi connectivity index (χ3n) is 7.30. The molecule has 39 heavy (non-hydrogen) atoms. The Labute approximate surface area is 221 Å². The molecule has 1 aliphatic carbocycles. The van der Waals surface area contributed by atoms with Gasteiger partial charge in [0.25, 0.3) is 0 Å². The molecule has 1 saturated carbocycles. The summed E-state index contributed by atoms with van der Waals surface area (Å²) in [6.07, 6.45) is 2.56. The zero-order chi connectivity index (χ0) is 27.7. The number of aliphatic carboxylic acids is 1. The van der Waals surface area contributed by atoms with E-state index >= 15 is 0 Å². The maximum absolute atomic E-state index is 14.7. The lowest BCUT2D eigenvalue weighted by Gasteiger charge is -2.28. The summed E-state index contributed by atoms with van der Waals surface area (Å²) in [7, 11) is 0. The third-order valence-corrected chi connectivity index (χ3v) is 7.30. The van der Waals surface area contributed by atoms with E-state index in [1.165, 1.54) is 11.8 Å². The molecule has 0 atom stereocenters. The third kappa shape index (κ3) is 5.79. The first-order valence-electron chi connectivity index (χ1n) is 12.6. The van der Waals surface area contributed by atoms with Crippen molar-refractivity contribution >= 4 is 23.2 Å². The maximum Gasteiger partial charge on any atom is 0.416 e. The Morgan fingerprint density at radius 1 is 0.897 bits per heavy atom. The quantitative estimate of drug-likeness (QED) is 0.206. The number of anilines is 1. The van der Waals surface area contributed by atoms with Gasteiger partial charge in [-0.1, -0.05) is 28.7 Å². The second-order valence-electron chi connectivity index (χ2n) is 9.88. The molecule has 5 rings (SSSR count). The van der Waals surface area contributed by atoms with Crippen LogP contribution < -0.4 is 5.12 Å². The Hall–Kier alpha value is -4.21. The highest BCUT2D eigenvalue weighted by Crippen LogP contribution is 2.37. The van der Waals surface area contributed by atoms with Gasteiger partial charge in [0.2, 0.25) is 0 Å². The van der Waals surface area contributed by atoms with Crippen molar-refractivity contribution in [2.24, 2.45) is 5.92 Å². The number of fused-ring (bicyclic) bond motifs is 1. The number of halogens is 4. The molecule has 0 aliphatic heterocycles. The van der Waals surface area contributed by atoms with Gasteiger partial charge in [-0.15, -0.1) is 5.12 Å². The molecular weight excluding hydrogens is 514 g/mol. The summed E-state index contributed by atoms with van der Waals surface area (Å²) in [5, 5.41) is 8.79. The van der Waals surface area contributed by atoms with E-state index in [1.54, 1.807) is 16.7 Å². The Bertz CT molecular complexity index is 1490. The standard InChI is InChI=1S/C29H25F4N3O3/c30-29(31,32)23-10-12-24(13-11-23)36(33)28(39)25-17-35-16-22(9-14-26(35)34-25)21-7-5-20(6-8-21)19-3-1-18(2-4-19)15-27(37)38/h5-14,16-19H,1-4,15H2,(H,37,38). The molecule has 2 aromatic heterocycles. The summed E-state index contributed by atoms with van der Waals surface area (Å²) >= 11 is 0. The van der Waals surface area contributed by atoms with Crippen LogP contribution in [0.15, 0.2) is 73.1 Å². The van der Waals surface area contributed by atoms with E-state index in [1.807, 2.05) is 18.2 Å². The number of carboxylic acid groups (broad SMARTS) is 1. The summed E-state index contributed by atoms with van der Waals surface area (Å²) in [4.78, 5) is 27.8. The SMILES string of the molecule is O=C(O)CC1CCC(c2ccc(-c3ccc4nc(C(=O)N(F)c5ccc(C(F)(F)F)cc5)cn4c3)cc2)CC1. The Morgan fingerprint density at radius 3 is 2.15 bits per heavy atom. The molecule has 10 heteroatoms. The Morgan fingerprint density at radius 2 is 1.54 bits per heavy atom. The topological polar surface area (TPSA) is 74.9 Å². The zero-order valence-electron chi connectivity index (χ0n) is 20.7. The minimum absolute atomic E-state index is 0.191. The summed E-state index contributed by atoms with van der Waals surface area (Å²) in [5.41, 5.74) is 1.97. The van der Waals surface area contributed by atoms with Crippen LogP contribution in [0, 0.1) is 5.92 Å². The van der Waals surface area contributed by atoms with E-state index in [0.717, 1.165) is 48.9 Å². The molecular formula is C29H25F4N3O3. The number of hydrogen-bond acceptors (Lipinski definition) is 3. The molecule has 0 bridgehead atoms. The van der Waals surface area contributed by atoms with Crippen LogP contribution in [0.5, 0.6) is 0 Å². The fourth-order valence-electron chi connectivity index (χ4n) is 5.16. The number of rotatable bonds is 6. The number of carboxylic acids is 1. The number of amides is 1. The molecule has 0 spiro atoms. The highest BCUT2D eigenvalue weighted by molar-refractivity contribution is 6.03. The van der Waals surface area contributed by atoms with E-state index in [9.17, 15) is 27.2 Å². The van der Waals surface area contributed by atoms with Crippen molar-refractivity contribution in [2.75, 3.05) is 5.12 Å². The number of carbonyl (C=O) groups is 2. The van der Waals surface area contributed by atoms with Crippen LogP contribution >= 0.6 is 0 Å². The van der Waals surface area contributed by atoms with Gasteiger partial charge in [-0.25, -0.2) is 4.98 Å². The van der Waals surface area contributed by atoms with Crippen LogP contribution in [0.4, 0.5) is 23.3 Å². The lowest BCUT2D eigenvalue weighted by atomic mass is 9.77. The highest BCUT2D eigenvalue weighted by Gasteiger charge is 2.31. The van der Waals surface area contributed by atoms with Crippen molar-refractivity contribution in [1.82, 2.24) is 9.38 Å². The molecule has 2 aromatic carbocycles. The van der Waals surface area contributed by atoms with Gasteiger partial charge >= 0.3 is 18.1 Å². The summed E-state index contributed by atoms with van der Waals surface area (Å²) in [6.45, 7) is 0. The van der Waals surface area contributed by atoms with Crippen molar-refractivity contribution in [3.8, 4) is 11.1 Å². The van der Waals surface area contributed by atoms with Crippen LogP contribution in [-0.4, -0.2) is 26.4 Å². The summed E-state index contributed by atoms with van der Waals surface area (Å²) in [6, 6.07) is 14.9. The second kappa shape index (κ2) is 10.5. The fourth-order valence-corrected chi connectivity index (χ4v) is 5.16. The molecule has 0 unspecified atom stereocenters.